The van der Waals surface area contributed by atoms with Gasteiger partial charge in [-0.05, 0) is 18.8 Å². The predicted molar refractivity (Wildman–Crippen MR) is 45.8 cm³/mol. The first-order chi connectivity index (χ1) is 5.58. The highest BCUT2D eigenvalue weighted by atomic mass is 32.2. The predicted octanol–water partition coefficient (Wildman–Crippen LogP) is 1.50. The molecule has 0 atom stereocenters. The van der Waals surface area contributed by atoms with E-state index in [4.69, 9.17) is 0 Å². The van der Waals surface area contributed by atoms with Crippen LogP contribution in [0, 0.1) is 5.92 Å². The molecule has 0 bridgehead atoms. The van der Waals surface area contributed by atoms with Gasteiger partial charge in [-0.1, -0.05) is 25.7 Å². The topological polar surface area (TPSA) is 57.2 Å². The maximum atomic E-state index is 10.2. The third kappa shape index (κ3) is 4.07. The lowest BCUT2D eigenvalue weighted by Gasteiger charge is -2.09. The average Bonchev–Trinajstić information content (AvgIpc) is 2.36. The van der Waals surface area contributed by atoms with E-state index >= 15 is 0 Å². The van der Waals surface area contributed by atoms with E-state index in [0.29, 0.717) is 12.3 Å². The summed E-state index contributed by atoms with van der Waals surface area (Å²) in [6, 6.07) is 0. The van der Waals surface area contributed by atoms with Gasteiger partial charge in [0, 0.05) is 5.75 Å². The van der Waals surface area contributed by atoms with Crippen LogP contribution in [0.4, 0.5) is 0 Å². The van der Waals surface area contributed by atoms with Gasteiger partial charge in [0.1, 0.15) is 0 Å². The Balaban J connectivity index is 2.09. The fraction of sp³-hybridized carbons (Fsp3) is 1.00. The van der Waals surface area contributed by atoms with Gasteiger partial charge in [0.25, 0.3) is 0 Å². The minimum Gasteiger partial charge on any atom is -0.748 e. The van der Waals surface area contributed by atoms with Crippen LogP contribution >= 0.6 is 0 Å². The third-order valence-corrected chi connectivity index (χ3v) is 3.27. The molecule has 0 heterocycles. The smallest absolute Gasteiger partial charge is 0.0945 e. The summed E-state index contributed by atoms with van der Waals surface area (Å²) in [5.74, 6) is 0.510. The zero-order valence-electron chi connectivity index (χ0n) is 7.16. The summed E-state index contributed by atoms with van der Waals surface area (Å²) in [5, 5.41) is 0. The van der Waals surface area contributed by atoms with Crippen molar-refractivity contribution in [2.24, 2.45) is 5.92 Å². The highest BCUT2D eigenvalue weighted by Crippen LogP contribution is 2.28. The number of rotatable bonds is 4. The minimum absolute atomic E-state index is 0.177. The van der Waals surface area contributed by atoms with E-state index in [2.05, 4.69) is 0 Å². The van der Waals surface area contributed by atoms with Crippen LogP contribution in [0.25, 0.3) is 0 Å². The SMILES string of the molecule is O=S(=O)([O-])CCCC1CCCC1. The summed E-state index contributed by atoms with van der Waals surface area (Å²) < 4.78 is 30.7. The molecule has 1 fully saturated rings. The molecule has 0 radical (unpaired) electrons. The molecular formula is C8H15O3S-. The van der Waals surface area contributed by atoms with E-state index in [1.54, 1.807) is 0 Å². The quantitative estimate of drug-likeness (QED) is 0.633. The molecule has 0 aliphatic heterocycles. The summed E-state index contributed by atoms with van der Waals surface area (Å²) in [6.45, 7) is 0. The molecule has 1 aliphatic carbocycles. The molecule has 3 nitrogen and oxygen atoms in total. The monoisotopic (exact) mass is 191 g/mol. The van der Waals surface area contributed by atoms with Crippen molar-refractivity contribution in [1.29, 1.82) is 0 Å². The Morgan fingerprint density at radius 3 is 2.33 bits per heavy atom. The lowest BCUT2D eigenvalue weighted by Crippen LogP contribution is -2.05. The molecule has 0 N–H and O–H groups in total. The molecule has 1 rings (SSSR count). The van der Waals surface area contributed by atoms with Crippen molar-refractivity contribution in [1.82, 2.24) is 0 Å². The molecule has 0 aromatic heterocycles. The van der Waals surface area contributed by atoms with Gasteiger partial charge in [0.15, 0.2) is 0 Å². The van der Waals surface area contributed by atoms with Crippen molar-refractivity contribution in [3.05, 3.63) is 0 Å². The lowest BCUT2D eigenvalue weighted by atomic mass is 10.0. The Kier molecular flexibility index (Phi) is 3.53. The summed E-state index contributed by atoms with van der Waals surface area (Å²) in [5.41, 5.74) is 0. The van der Waals surface area contributed by atoms with E-state index in [1.807, 2.05) is 0 Å². The Labute approximate surface area is 73.9 Å². The van der Waals surface area contributed by atoms with Crippen LogP contribution in [-0.4, -0.2) is 18.7 Å². The lowest BCUT2D eigenvalue weighted by molar-refractivity contribution is 0.449. The van der Waals surface area contributed by atoms with E-state index in [1.165, 1.54) is 25.7 Å². The highest BCUT2D eigenvalue weighted by molar-refractivity contribution is 7.85. The van der Waals surface area contributed by atoms with Gasteiger partial charge < -0.3 is 4.55 Å². The van der Waals surface area contributed by atoms with Gasteiger partial charge >= 0.3 is 0 Å². The maximum Gasteiger partial charge on any atom is 0.0945 e. The summed E-state index contributed by atoms with van der Waals surface area (Å²) >= 11 is 0. The molecular weight excluding hydrogens is 176 g/mol. The molecule has 0 amide bonds. The molecule has 0 unspecified atom stereocenters. The van der Waals surface area contributed by atoms with Gasteiger partial charge in [-0.25, -0.2) is 8.42 Å². The van der Waals surface area contributed by atoms with E-state index in [0.717, 1.165) is 6.42 Å². The first-order valence-corrected chi connectivity index (χ1v) is 6.09. The fourth-order valence-electron chi connectivity index (χ4n) is 1.85. The fourth-order valence-corrected chi connectivity index (χ4v) is 2.37. The molecule has 0 aromatic carbocycles. The summed E-state index contributed by atoms with van der Waals surface area (Å²) in [7, 11) is -3.97. The largest absolute Gasteiger partial charge is 0.748 e. The molecule has 12 heavy (non-hydrogen) atoms. The summed E-state index contributed by atoms with van der Waals surface area (Å²) in [4.78, 5) is 0. The van der Waals surface area contributed by atoms with Crippen molar-refractivity contribution in [2.75, 3.05) is 5.75 Å². The van der Waals surface area contributed by atoms with E-state index < -0.39 is 10.1 Å². The minimum atomic E-state index is -3.97. The molecule has 1 aliphatic rings. The standard InChI is InChI=1S/C8H16O3S/c9-12(10,11)7-3-6-8-4-1-2-5-8/h8H,1-7H2,(H,9,10,11)/p-1. The normalized spacial score (nSPS) is 20.1. The van der Waals surface area contributed by atoms with Crippen LogP contribution in [0.2, 0.25) is 0 Å². The van der Waals surface area contributed by atoms with Crippen LogP contribution in [0.3, 0.4) is 0 Å². The molecule has 1 saturated carbocycles. The van der Waals surface area contributed by atoms with Gasteiger partial charge in [-0.3, -0.25) is 0 Å². The zero-order chi connectivity index (χ0) is 9.03. The van der Waals surface area contributed by atoms with E-state index in [-0.39, 0.29) is 5.75 Å². The molecule has 0 spiro atoms. The van der Waals surface area contributed by atoms with E-state index in [9.17, 15) is 13.0 Å². The van der Waals surface area contributed by atoms with Crippen LogP contribution in [0.1, 0.15) is 38.5 Å². The first-order valence-electron chi connectivity index (χ1n) is 4.51. The van der Waals surface area contributed by atoms with Gasteiger partial charge in [-0.15, -0.1) is 0 Å². The van der Waals surface area contributed by atoms with Crippen LogP contribution < -0.4 is 0 Å². The second kappa shape index (κ2) is 4.23. The second-order valence-corrected chi connectivity index (χ2v) is 5.08. The van der Waals surface area contributed by atoms with Crippen LogP contribution in [0.5, 0.6) is 0 Å². The molecule has 4 heteroatoms. The Morgan fingerprint density at radius 1 is 1.25 bits per heavy atom. The Morgan fingerprint density at radius 2 is 1.83 bits per heavy atom. The summed E-state index contributed by atoms with van der Waals surface area (Å²) in [6.07, 6.45) is 6.46. The maximum absolute atomic E-state index is 10.2. The Hall–Kier alpha value is -0.0900. The van der Waals surface area contributed by atoms with Gasteiger partial charge in [0.05, 0.1) is 10.1 Å². The first kappa shape index (κ1) is 9.99. The number of hydrogen-bond donors (Lipinski definition) is 0. The van der Waals surface area contributed by atoms with Crippen molar-refractivity contribution in [3.63, 3.8) is 0 Å². The van der Waals surface area contributed by atoms with Gasteiger partial charge in [0.2, 0.25) is 0 Å². The van der Waals surface area contributed by atoms with Crippen molar-refractivity contribution in [2.45, 2.75) is 38.5 Å². The molecule has 72 valence electrons. The van der Waals surface area contributed by atoms with Crippen LogP contribution in [0.15, 0.2) is 0 Å². The molecule has 0 saturated heterocycles. The Bertz CT molecular complexity index is 214. The second-order valence-electron chi connectivity index (χ2n) is 3.55. The van der Waals surface area contributed by atoms with Crippen molar-refractivity contribution >= 4 is 10.1 Å². The molecule has 0 aromatic rings. The number of hydrogen-bond acceptors (Lipinski definition) is 3. The zero-order valence-corrected chi connectivity index (χ0v) is 7.98. The van der Waals surface area contributed by atoms with Crippen molar-refractivity contribution < 1.29 is 13.0 Å². The highest BCUT2D eigenvalue weighted by Gasteiger charge is 2.14. The average molecular weight is 191 g/mol. The van der Waals surface area contributed by atoms with Gasteiger partial charge in [-0.2, -0.15) is 0 Å². The third-order valence-electron chi connectivity index (χ3n) is 2.48. The van der Waals surface area contributed by atoms with Crippen LogP contribution in [-0.2, 0) is 10.1 Å². The van der Waals surface area contributed by atoms with Crippen molar-refractivity contribution in [3.8, 4) is 0 Å².